The van der Waals surface area contributed by atoms with Crippen LogP contribution in [0.15, 0.2) is 60.8 Å². The largest absolute Gasteiger partial charge is 0.507 e. The molecule has 1 aliphatic heterocycles. The Kier molecular flexibility index (Phi) is 6.49. The first-order chi connectivity index (χ1) is 16.7. The van der Waals surface area contributed by atoms with Crippen molar-refractivity contribution in [2.45, 2.75) is 13.0 Å². The van der Waals surface area contributed by atoms with Gasteiger partial charge in [0.2, 0.25) is 5.95 Å². The number of aromatic nitrogens is 2. The number of anilines is 2. The smallest absolute Gasteiger partial charge is 0.405 e. The van der Waals surface area contributed by atoms with Gasteiger partial charge >= 0.3 is 6.09 Å². The molecule has 2 amide bonds. The molecule has 0 aliphatic carbocycles. The molecule has 1 aromatic heterocycles. The highest BCUT2D eigenvalue weighted by Crippen LogP contribution is 2.31. The zero-order valence-electron chi connectivity index (χ0n) is 18.7. The van der Waals surface area contributed by atoms with Gasteiger partial charge in [0, 0.05) is 24.4 Å². The predicted molar refractivity (Wildman–Crippen MR) is 127 cm³/mol. The number of halogens is 1. The standard InChI is InChI=1S/C24H23FN6O4/c1-14-3-8-19(32)17(11-14)18-12-20(28-23(26)27-18)30-9-2-10-31(13-30)22(33)21(29-24(34)35)15-4-6-16(25)7-5-15/h2-8,10-12,21,29,32H,9,13H2,1H3,(H,34,35)(H2,26,27,28)/t21-/m1/s1. The van der Waals surface area contributed by atoms with Crippen LogP contribution in [-0.4, -0.2) is 50.3 Å². The van der Waals surface area contributed by atoms with Gasteiger partial charge in [-0.15, -0.1) is 0 Å². The van der Waals surface area contributed by atoms with Gasteiger partial charge in [0.1, 0.15) is 23.4 Å². The molecule has 5 N–H and O–H groups in total. The fraction of sp³-hybridized carbons (Fsp3) is 0.167. The molecule has 0 saturated carbocycles. The molecule has 11 heteroatoms. The van der Waals surface area contributed by atoms with E-state index in [9.17, 15) is 24.2 Å². The summed E-state index contributed by atoms with van der Waals surface area (Å²) in [4.78, 5) is 36.2. The minimum Gasteiger partial charge on any atom is -0.507 e. The Bertz CT molecular complexity index is 1300. The third kappa shape index (κ3) is 5.29. The van der Waals surface area contributed by atoms with Crippen LogP contribution in [0.1, 0.15) is 17.2 Å². The molecule has 3 aromatic rings. The van der Waals surface area contributed by atoms with Crippen LogP contribution in [0.3, 0.4) is 0 Å². The zero-order chi connectivity index (χ0) is 25.1. The van der Waals surface area contributed by atoms with Gasteiger partial charge in [-0.1, -0.05) is 23.8 Å². The van der Waals surface area contributed by atoms with Crippen molar-refractivity contribution in [1.82, 2.24) is 20.2 Å². The molecule has 1 atom stereocenters. The SMILES string of the molecule is Cc1ccc(O)c(-c2cc(N3CC=CN(C(=O)[C@H](NC(=O)O)c4ccc(F)cc4)C3)nc(N)n2)c1. The van der Waals surface area contributed by atoms with Gasteiger partial charge in [-0.25, -0.2) is 14.2 Å². The van der Waals surface area contributed by atoms with Gasteiger partial charge in [-0.2, -0.15) is 4.98 Å². The fourth-order valence-electron chi connectivity index (χ4n) is 3.74. The van der Waals surface area contributed by atoms with E-state index in [1.165, 1.54) is 17.0 Å². The molecule has 0 radical (unpaired) electrons. The number of nitrogens with two attached hydrogens (primary N) is 1. The van der Waals surface area contributed by atoms with Crippen LogP contribution < -0.4 is 16.0 Å². The van der Waals surface area contributed by atoms with Crippen LogP contribution in [0.25, 0.3) is 11.3 Å². The summed E-state index contributed by atoms with van der Waals surface area (Å²) in [6, 6.07) is 10.5. The van der Waals surface area contributed by atoms with Gasteiger partial charge in [-0.05, 0) is 42.8 Å². The van der Waals surface area contributed by atoms with Crippen LogP contribution in [0, 0.1) is 12.7 Å². The normalized spacial score (nSPS) is 14.0. The molecule has 0 fully saturated rings. The summed E-state index contributed by atoms with van der Waals surface area (Å²) in [6.07, 6.45) is 1.87. The van der Waals surface area contributed by atoms with Crippen molar-refractivity contribution in [1.29, 1.82) is 0 Å². The second-order valence-electron chi connectivity index (χ2n) is 7.98. The summed E-state index contributed by atoms with van der Waals surface area (Å²) < 4.78 is 13.4. The Balaban J connectivity index is 1.61. The molecule has 2 heterocycles. The number of amides is 2. The Morgan fingerprint density at radius 2 is 1.89 bits per heavy atom. The maximum atomic E-state index is 13.4. The molecule has 1 aliphatic rings. The lowest BCUT2D eigenvalue weighted by Crippen LogP contribution is -2.47. The van der Waals surface area contributed by atoms with Gasteiger partial charge in [-0.3, -0.25) is 9.69 Å². The Labute approximate surface area is 200 Å². The number of hydrogen-bond donors (Lipinski definition) is 4. The van der Waals surface area contributed by atoms with Crippen molar-refractivity contribution in [2.75, 3.05) is 23.8 Å². The number of rotatable bonds is 5. The van der Waals surface area contributed by atoms with Crippen molar-refractivity contribution in [3.8, 4) is 17.0 Å². The third-order valence-electron chi connectivity index (χ3n) is 5.42. The van der Waals surface area contributed by atoms with Crippen molar-refractivity contribution < 1.29 is 24.2 Å². The highest BCUT2D eigenvalue weighted by atomic mass is 19.1. The number of carbonyl (C=O) groups excluding carboxylic acids is 1. The number of phenols is 1. The molecule has 0 spiro atoms. The second-order valence-corrected chi connectivity index (χ2v) is 7.98. The molecule has 10 nitrogen and oxygen atoms in total. The van der Waals surface area contributed by atoms with E-state index in [1.807, 2.05) is 6.92 Å². The van der Waals surface area contributed by atoms with E-state index in [0.717, 1.165) is 17.7 Å². The number of benzene rings is 2. The Morgan fingerprint density at radius 3 is 2.60 bits per heavy atom. The highest BCUT2D eigenvalue weighted by Gasteiger charge is 2.29. The van der Waals surface area contributed by atoms with Gasteiger partial charge in [0.05, 0.1) is 12.4 Å². The van der Waals surface area contributed by atoms with Crippen molar-refractivity contribution in [3.63, 3.8) is 0 Å². The van der Waals surface area contributed by atoms with Crippen molar-refractivity contribution in [2.24, 2.45) is 0 Å². The number of carboxylic acid groups (broad SMARTS) is 1. The monoisotopic (exact) mass is 478 g/mol. The maximum Gasteiger partial charge on any atom is 0.405 e. The zero-order valence-corrected chi connectivity index (χ0v) is 18.7. The number of carbonyl (C=O) groups is 2. The number of nitrogens with one attached hydrogen (secondary N) is 1. The molecule has 180 valence electrons. The fourth-order valence-corrected chi connectivity index (χ4v) is 3.74. The molecule has 0 bridgehead atoms. The number of hydrogen-bond acceptors (Lipinski definition) is 7. The topological polar surface area (TPSA) is 145 Å². The first-order valence-electron chi connectivity index (χ1n) is 10.6. The number of aryl methyl sites for hydroxylation is 1. The number of phenolic OH excluding ortho intramolecular Hbond substituents is 1. The van der Waals surface area contributed by atoms with E-state index in [0.29, 0.717) is 29.2 Å². The van der Waals surface area contributed by atoms with E-state index in [2.05, 4.69) is 15.3 Å². The first-order valence-corrected chi connectivity index (χ1v) is 10.6. The van der Waals surface area contributed by atoms with Gasteiger partial charge in [0.25, 0.3) is 5.91 Å². The summed E-state index contributed by atoms with van der Waals surface area (Å²) in [5.41, 5.74) is 8.07. The van der Waals surface area contributed by atoms with Crippen molar-refractivity contribution >= 4 is 23.8 Å². The number of aromatic hydroxyl groups is 1. The lowest BCUT2D eigenvalue weighted by Gasteiger charge is -2.34. The maximum absolute atomic E-state index is 13.4. The Hall–Kier alpha value is -4.67. The summed E-state index contributed by atoms with van der Waals surface area (Å²) >= 11 is 0. The quantitative estimate of drug-likeness (QED) is 0.438. The van der Waals surface area contributed by atoms with E-state index in [4.69, 9.17) is 5.73 Å². The summed E-state index contributed by atoms with van der Waals surface area (Å²) in [5, 5.41) is 21.7. The van der Waals surface area contributed by atoms with Crippen molar-refractivity contribution in [3.05, 3.63) is 77.8 Å². The molecule has 35 heavy (non-hydrogen) atoms. The second kappa shape index (κ2) is 9.67. The minimum atomic E-state index is -1.39. The Morgan fingerprint density at radius 1 is 1.14 bits per heavy atom. The van der Waals surface area contributed by atoms with Crippen LogP contribution in [0.4, 0.5) is 21.0 Å². The molecule has 2 aromatic carbocycles. The lowest BCUT2D eigenvalue weighted by molar-refractivity contribution is -0.131. The highest BCUT2D eigenvalue weighted by molar-refractivity contribution is 5.87. The summed E-state index contributed by atoms with van der Waals surface area (Å²) in [7, 11) is 0. The summed E-state index contributed by atoms with van der Waals surface area (Å²) in [6.45, 7) is 2.33. The number of nitrogens with zero attached hydrogens (tertiary/aromatic N) is 4. The average molecular weight is 478 g/mol. The third-order valence-corrected chi connectivity index (χ3v) is 5.42. The van der Waals surface area contributed by atoms with Gasteiger partial charge < -0.3 is 26.2 Å². The average Bonchev–Trinajstić information content (AvgIpc) is 2.84. The minimum absolute atomic E-state index is 0.0115. The molecule has 0 saturated heterocycles. The predicted octanol–water partition coefficient (Wildman–Crippen LogP) is 3.01. The molecule has 0 unspecified atom stereocenters. The molecular formula is C24H23FN6O4. The van der Waals surface area contributed by atoms with Gasteiger partial charge in [0.15, 0.2) is 0 Å². The van der Waals surface area contributed by atoms with Crippen LogP contribution in [0.5, 0.6) is 5.75 Å². The molecular weight excluding hydrogens is 455 g/mol. The summed E-state index contributed by atoms with van der Waals surface area (Å²) in [5.74, 6) is -0.616. The van der Waals surface area contributed by atoms with Crippen LogP contribution >= 0.6 is 0 Å². The van der Waals surface area contributed by atoms with Crippen LogP contribution in [0.2, 0.25) is 0 Å². The van der Waals surface area contributed by atoms with Crippen LogP contribution in [-0.2, 0) is 4.79 Å². The van der Waals surface area contributed by atoms with E-state index >= 15 is 0 Å². The van der Waals surface area contributed by atoms with E-state index in [-0.39, 0.29) is 18.4 Å². The first kappa shape index (κ1) is 23.5. The number of nitrogen functional groups attached to an aromatic ring is 1. The van der Waals surface area contributed by atoms with E-state index < -0.39 is 23.9 Å². The lowest BCUT2D eigenvalue weighted by atomic mass is 10.1. The van der Waals surface area contributed by atoms with E-state index in [1.54, 1.807) is 41.4 Å². The molecule has 4 rings (SSSR count).